The molecule has 0 spiro atoms. The molecule has 0 radical (unpaired) electrons. The highest BCUT2D eigenvalue weighted by Gasteiger charge is 2.07. The Morgan fingerprint density at radius 1 is 0.870 bits per heavy atom. The molecule has 0 aliphatic rings. The fourth-order valence-electron chi connectivity index (χ4n) is 2.86. The molecule has 3 heteroatoms. The average Bonchev–Trinajstić information content (AvgIpc) is 2.59. The van der Waals surface area contributed by atoms with Crippen LogP contribution in [0, 0.1) is 6.92 Å². The maximum absolute atomic E-state index is 5.37. The van der Waals surface area contributed by atoms with E-state index in [4.69, 9.17) is 9.47 Å². The van der Waals surface area contributed by atoms with Crippen LogP contribution in [0.2, 0.25) is 0 Å². The van der Waals surface area contributed by atoms with Crippen molar-refractivity contribution in [3.05, 3.63) is 65.5 Å². The summed E-state index contributed by atoms with van der Waals surface area (Å²) in [4.78, 5) is 4.57. The molecule has 0 fully saturated rings. The maximum Gasteiger partial charge on any atom is 0.160 e. The molecular weight excluding hydrogens is 286 g/mol. The summed E-state index contributed by atoms with van der Waals surface area (Å²) < 4.78 is 10.7. The number of hydrogen-bond acceptors (Lipinski definition) is 3. The molecule has 3 nitrogen and oxygen atoms in total. The first kappa shape index (κ1) is 15.3. The molecule has 2 aromatic carbocycles. The van der Waals surface area contributed by atoms with Gasteiger partial charge in [-0.1, -0.05) is 29.8 Å². The number of rotatable bonds is 5. The van der Waals surface area contributed by atoms with Crippen LogP contribution in [-0.2, 0) is 12.8 Å². The molecule has 3 rings (SSSR count). The zero-order valence-electron chi connectivity index (χ0n) is 13.8. The first-order chi connectivity index (χ1) is 11.2. The van der Waals surface area contributed by atoms with Crippen molar-refractivity contribution in [2.24, 2.45) is 0 Å². The molecule has 0 bridgehead atoms. The third kappa shape index (κ3) is 3.29. The van der Waals surface area contributed by atoms with Crippen LogP contribution in [0.1, 0.15) is 16.8 Å². The quantitative estimate of drug-likeness (QED) is 0.702. The highest BCUT2D eigenvalue weighted by Crippen LogP contribution is 2.28. The minimum atomic E-state index is 0.759. The average molecular weight is 307 g/mol. The van der Waals surface area contributed by atoms with Crippen molar-refractivity contribution in [3.63, 3.8) is 0 Å². The van der Waals surface area contributed by atoms with E-state index in [1.165, 1.54) is 21.9 Å². The second-order valence-corrected chi connectivity index (χ2v) is 5.67. The Hall–Kier alpha value is -2.55. The van der Waals surface area contributed by atoms with Gasteiger partial charge in [-0.3, -0.25) is 4.98 Å². The molecule has 0 amide bonds. The molecule has 0 aliphatic carbocycles. The van der Waals surface area contributed by atoms with Gasteiger partial charge < -0.3 is 9.47 Å². The fourth-order valence-corrected chi connectivity index (χ4v) is 2.86. The molecule has 0 unspecified atom stereocenters. The number of hydrogen-bond donors (Lipinski definition) is 0. The molecule has 23 heavy (non-hydrogen) atoms. The van der Waals surface area contributed by atoms with E-state index in [1.54, 1.807) is 14.2 Å². The first-order valence-corrected chi connectivity index (χ1v) is 7.76. The predicted octanol–water partition coefficient (Wildman–Crippen LogP) is 4.35. The van der Waals surface area contributed by atoms with Crippen LogP contribution in [0.4, 0.5) is 0 Å². The van der Waals surface area contributed by atoms with E-state index in [2.05, 4.69) is 42.2 Å². The smallest absolute Gasteiger partial charge is 0.160 e. The summed E-state index contributed by atoms with van der Waals surface area (Å²) in [6, 6.07) is 14.7. The lowest BCUT2D eigenvalue weighted by molar-refractivity contribution is 0.354. The topological polar surface area (TPSA) is 31.4 Å². The number of fused-ring (bicyclic) bond motifs is 1. The number of nitrogens with zero attached hydrogens (tertiary/aromatic N) is 1. The van der Waals surface area contributed by atoms with Gasteiger partial charge in [-0.15, -0.1) is 0 Å². The van der Waals surface area contributed by atoms with Gasteiger partial charge in [0.1, 0.15) is 0 Å². The lowest BCUT2D eigenvalue weighted by Crippen LogP contribution is -1.97. The standard InChI is InChI=1S/C20H21NO2/c1-14-4-7-17-16(12-14)10-11-21-18(17)8-5-15-6-9-19(22-2)20(13-15)23-3/h4,6-7,9-13H,5,8H2,1-3H3. The van der Waals surface area contributed by atoms with Crippen molar-refractivity contribution in [3.8, 4) is 11.5 Å². The van der Waals surface area contributed by atoms with Gasteiger partial charge in [0.2, 0.25) is 0 Å². The Kier molecular flexibility index (Phi) is 4.47. The van der Waals surface area contributed by atoms with E-state index >= 15 is 0 Å². The van der Waals surface area contributed by atoms with Gasteiger partial charge >= 0.3 is 0 Å². The molecule has 0 saturated heterocycles. The van der Waals surface area contributed by atoms with Crippen molar-refractivity contribution < 1.29 is 9.47 Å². The third-order valence-electron chi connectivity index (χ3n) is 4.10. The van der Waals surface area contributed by atoms with Crippen LogP contribution in [0.5, 0.6) is 11.5 Å². The van der Waals surface area contributed by atoms with Crippen LogP contribution in [0.15, 0.2) is 48.7 Å². The molecule has 0 saturated carbocycles. The van der Waals surface area contributed by atoms with Gasteiger partial charge in [0.05, 0.1) is 14.2 Å². The van der Waals surface area contributed by atoms with Gasteiger partial charge in [0.15, 0.2) is 11.5 Å². The molecule has 0 N–H and O–H groups in total. The number of methoxy groups -OCH3 is 2. The van der Waals surface area contributed by atoms with Crippen LogP contribution in [0.3, 0.4) is 0 Å². The molecular formula is C20H21NO2. The summed E-state index contributed by atoms with van der Waals surface area (Å²) >= 11 is 0. The fraction of sp³-hybridized carbons (Fsp3) is 0.250. The van der Waals surface area contributed by atoms with E-state index in [1.807, 2.05) is 18.3 Å². The van der Waals surface area contributed by atoms with E-state index in [-0.39, 0.29) is 0 Å². The Morgan fingerprint density at radius 3 is 2.48 bits per heavy atom. The second-order valence-electron chi connectivity index (χ2n) is 5.67. The summed E-state index contributed by atoms with van der Waals surface area (Å²) in [5.74, 6) is 1.53. The first-order valence-electron chi connectivity index (χ1n) is 7.76. The minimum absolute atomic E-state index is 0.759. The van der Waals surface area contributed by atoms with Gasteiger partial charge in [-0.05, 0) is 48.9 Å². The Bertz CT molecular complexity index is 827. The van der Waals surface area contributed by atoms with Crippen molar-refractivity contribution in [1.29, 1.82) is 0 Å². The van der Waals surface area contributed by atoms with Crippen LogP contribution in [-0.4, -0.2) is 19.2 Å². The van der Waals surface area contributed by atoms with E-state index in [9.17, 15) is 0 Å². The van der Waals surface area contributed by atoms with Gasteiger partial charge in [0.25, 0.3) is 0 Å². The monoisotopic (exact) mass is 307 g/mol. The highest BCUT2D eigenvalue weighted by atomic mass is 16.5. The highest BCUT2D eigenvalue weighted by molar-refractivity contribution is 5.85. The lowest BCUT2D eigenvalue weighted by Gasteiger charge is -2.10. The molecule has 1 heterocycles. The van der Waals surface area contributed by atoms with Gasteiger partial charge in [0, 0.05) is 17.3 Å². The van der Waals surface area contributed by atoms with Gasteiger partial charge in [-0.2, -0.15) is 0 Å². The lowest BCUT2D eigenvalue weighted by atomic mass is 10.0. The third-order valence-corrected chi connectivity index (χ3v) is 4.10. The summed E-state index contributed by atoms with van der Waals surface area (Å²) in [6.45, 7) is 2.11. The number of ether oxygens (including phenoxy) is 2. The molecule has 3 aromatic rings. The van der Waals surface area contributed by atoms with Crippen LogP contribution >= 0.6 is 0 Å². The van der Waals surface area contributed by atoms with Crippen molar-refractivity contribution in [2.75, 3.05) is 14.2 Å². The molecule has 1 aromatic heterocycles. The second kappa shape index (κ2) is 6.69. The largest absolute Gasteiger partial charge is 0.493 e. The van der Waals surface area contributed by atoms with Crippen molar-refractivity contribution >= 4 is 10.8 Å². The SMILES string of the molecule is COc1ccc(CCc2nccc3cc(C)ccc23)cc1OC. The maximum atomic E-state index is 5.37. The van der Waals surface area contributed by atoms with Crippen molar-refractivity contribution in [1.82, 2.24) is 4.98 Å². The summed E-state index contributed by atoms with van der Waals surface area (Å²) in [6.07, 6.45) is 3.71. The van der Waals surface area contributed by atoms with E-state index in [0.29, 0.717) is 0 Å². The number of benzene rings is 2. The van der Waals surface area contributed by atoms with Crippen molar-refractivity contribution in [2.45, 2.75) is 19.8 Å². The molecule has 0 atom stereocenters. The zero-order valence-corrected chi connectivity index (χ0v) is 13.8. The Morgan fingerprint density at radius 2 is 1.70 bits per heavy atom. The number of aromatic nitrogens is 1. The summed E-state index contributed by atoms with van der Waals surface area (Å²) in [7, 11) is 3.32. The normalized spacial score (nSPS) is 10.7. The van der Waals surface area contributed by atoms with Gasteiger partial charge in [-0.25, -0.2) is 0 Å². The predicted molar refractivity (Wildman–Crippen MR) is 93.4 cm³/mol. The van der Waals surface area contributed by atoms with E-state index < -0.39 is 0 Å². The molecule has 118 valence electrons. The number of aryl methyl sites for hydroxylation is 3. The zero-order chi connectivity index (χ0) is 16.2. The summed E-state index contributed by atoms with van der Waals surface area (Å²) in [5, 5.41) is 2.49. The molecule has 0 aliphatic heterocycles. The Balaban J connectivity index is 1.83. The summed E-state index contributed by atoms with van der Waals surface area (Å²) in [5.41, 5.74) is 3.63. The van der Waals surface area contributed by atoms with Crippen LogP contribution in [0.25, 0.3) is 10.8 Å². The van der Waals surface area contributed by atoms with E-state index in [0.717, 1.165) is 30.0 Å². The van der Waals surface area contributed by atoms with Crippen LogP contribution < -0.4 is 9.47 Å². The minimum Gasteiger partial charge on any atom is -0.493 e. The Labute approximate surface area is 136 Å². The number of pyridine rings is 1.